The number of phenols is 1. The van der Waals surface area contributed by atoms with Gasteiger partial charge in [-0.15, -0.1) is 15.3 Å². The fourth-order valence-electron chi connectivity index (χ4n) is 2.75. The van der Waals surface area contributed by atoms with Gasteiger partial charge in [0.2, 0.25) is 0 Å². The molecule has 6 nitrogen and oxygen atoms in total. The molecule has 126 valence electrons. The van der Waals surface area contributed by atoms with E-state index >= 15 is 0 Å². The highest BCUT2D eigenvalue weighted by molar-refractivity contribution is 5.44. The van der Waals surface area contributed by atoms with Gasteiger partial charge in [0, 0.05) is 12.5 Å². The van der Waals surface area contributed by atoms with Crippen molar-refractivity contribution in [1.82, 2.24) is 19.8 Å². The molecule has 0 bridgehead atoms. The van der Waals surface area contributed by atoms with Crippen LogP contribution in [0.15, 0.2) is 36.4 Å². The summed E-state index contributed by atoms with van der Waals surface area (Å²) in [4.78, 5) is 0. The molecule has 0 aliphatic carbocycles. The van der Waals surface area contributed by atoms with Gasteiger partial charge in [0.25, 0.3) is 0 Å². The smallest absolute Gasteiger partial charge is 0.178 e. The van der Waals surface area contributed by atoms with Crippen LogP contribution in [-0.2, 0) is 6.42 Å². The number of hydrogen-bond acceptors (Lipinski definition) is 5. The third kappa shape index (κ3) is 3.64. The van der Waals surface area contributed by atoms with Gasteiger partial charge in [0.15, 0.2) is 11.5 Å². The molecule has 0 spiro atoms. The Kier molecular flexibility index (Phi) is 4.93. The van der Waals surface area contributed by atoms with Gasteiger partial charge in [-0.3, -0.25) is 0 Å². The molecule has 0 saturated heterocycles. The molecule has 0 amide bonds. The number of aromatic hydroxyl groups is 1. The number of nitrogens with one attached hydrogen (secondary N) is 1. The summed E-state index contributed by atoms with van der Waals surface area (Å²) in [6.07, 6.45) is 3.95. The first kappa shape index (κ1) is 16.2. The van der Waals surface area contributed by atoms with E-state index in [1.807, 2.05) is 24.3 Å². The molecule has 1 aromatic carbocycles. The summed E-state index contributed by atoms with van der Waals surface area (Å²) in [7, 11) is 0. The third-order valence-electron chi connectivity index (χ3n) is 4.11. The lowest BCUT2D eigenvalue weighted by Crippen LogP contribution is -2.19. The molecule has 1 atom stereocenters. The second-order valence-electron chi connectivity index (χ2n) is 5.99. The highest BCUT2D eigenvalue weighted by Crippen LogP contribution is 2.15. The first-order valence-corrected chi connectivity index (χ1v) is 8.45. The molecule has 24 heavy (non-hydrogen) atoms. The van der Waals surface area contributed by atoms with Crippen molar-refractivity contribution in [1.29, 1.82) is 0 Å². The predicted octanol–water partition coefficient (Wildman–Crippen LogP) is 3.41. The van der Waals surface area contributed by atoms with Crippen LogP contribution in [0.5, 0.6) is 5.75 Å². The van der Waals surface area contributed by atoms with Gasteiger partial charge in [-0.05, 0) is 42.7 Å². The highest BCUT2D eigenvalue weighted by atomic mass is 16.3. The molecule has 0 aliphatic rings. The SMILES string of the molecule is CCCC(CC)Nc1ccc2nnc(Cc3ccc(O)cc3)n2n1. The fourth-order valence-corrected chi connectivity index (χ4v) is 2.75. The zero-order valence-corrected chi connectivity index (χ0v) is 14.1. The number of hydrogen-bond donors (Lipinski definition) is 2. The molecule has 3 rings (SSSR count). The summed E-state index contributed by atoms with van der Waals surface area (Å²) in [5.41, 5.74) is 1.79. The lowest BCUT2D eigenvalue weighted by Gasteiger charge is -2.16. The Hall–Kier alpha value is -2.63. The molecule has 3 aromatic rings. The quantitative estimate of drug-likeness (QED) is 0.696. The molecule has 2 heterocycles. The van der Waals surface area contributed by atoms with E-state index in [0.717, 1.165) is 42.1 Å². The molecule has 1 unspecified atom stereocenters. The van der Waals surface area contributed by atoms with E-state index in [4.69, 9.17) is 0 Å². The van der Waals surface area contributed by atoms with Crippen molar-refractivity contribution in [3.05, 3.63) is 47.8 Å². The first-order valence-electron chi connectivity index (χ1n) is 8.45. The van der Waals surface area contributed by atoms with Crippen molar-refractivity contribution in [2.75, 3.05) is 5.32 Å². The van der Waals surface area contributed by atoms with E-state index in [1.165, 1.54) is 0 Å². The van der Waals surface area contributed by atoms with Crippen LogP contribution in [0.25, 0.3) is 5.65 Å². The van der Waals surface area contributed by atoms with Gasteiger partial charge >= 0.3 is 0 Å². The minimum atomic E-state index is 0.260. The van der Waals surface area contributed by atoms with Gasteiger partial charge in [-0.2, -0.15) is 4.52 Å². The maximum Gasteiger partial charge on any atom is 0.178 e. The van der Waals surface area contributed by atoms with E-state index in [-0.39, 0.29) is 5.75 Å². The Morgan fingerprint density at radius 1 is 1.08 bits per heavy atom. The number of anilines is 1. The topological polar surface area (TPSA) is 75.3 Å². The number of fused-ring (bicyclic) bond motifs is 1. The van der Waals surface area contributed by atoms with E-state index in [1.54, 1.807) is 16.6 Å². The number of benzene rings is 1. The number of nitrogens with zero attached hydrogens (tertiary/aromatic N) is 4. The summed E-state index contributed by atoms with van der Waals surface area (Å²) in [5, 5.41) is 26.0. The van der Waals surface area contributed by atoms with E-state index in [2.05, 4.69) is 34.5 Å². The first-order chi connectivity index (χ1) is 11.7. The van der Waals surface area contributed by atoms with Crippen LogP contribution < -0.4 is 5.32 Å². The Balaban J connectivity index is 1.84. The van der Waals surface area contributed by atoms with Crippen LogP contribution >= 0.6 is 0 Å². The molecule has 0 saturated carbocycles. The average molecular weight is 325 g/mol. The standard InChI is InChI=1S/C18H23N5O/c1-3-5-14(4-2)19-16-10-11-17-20-21-18(23(17)22-16)12-13-6-8-15(24)9-7-13/h6-11,14,24H,3-5,12H2,1-2H3,(H,19,22). The van der Waals surface area contributed by atoms with Crippen molar-refractivity contribution in [2.24, 2.45) is 0 Å². The van der Waals surface area contributed by atoms with Crippen LogP contribution in [0.1, 0.15) is 44.5 Å². The fraction of sp³-hybridized carbons (Fsp3) is 0.389. The maximum atomic E-state index is 9.39. The third-order valence-corrected chi connectivity index (χ3v) is 4.11. The molecule has 2 aromatic heterocycles. The van der Waals surface area contributed by atoms with Crippen molar-refractivity contribution in [3.63, 3.8) is 0 Å². The Labute approximate surface area is 141 Å². The van der Waals surface area contributed by atoms with Crippen molar-refractivity contribution in [2.45, 2.75) is 45.6 Å². The normalized spacial score (nSPS) is 12.4. The van der Waals surface area contributed by atoms with Crippen molar-refractivity contribution in [3.8, 4) is 5.75 Å². The van der Waals surface area contributed by atoms with Gasteiger partial charge in [0.05, 0.1) is 0 Å². The average Bonchev–Trinajstić information content (AvgIpc) is 2.99. The van der Waals surface area contributed by atoms with E-state index in [0.29, 0.717) is 12.5 Å². The van der Waals surface area contributed by atoms with Crippen LogP contribution in [0, 0.1) is 0 Å². The summed E-state index contributed by atoms with van der Waals surface area (Å²) >= 11 is 0. The molecular formula is C18H23N5O. The second-order valence-corrected chi connectivity index (χ2v) is 5.99. The van der Waals surface area contributed by atoms with Crippen LogP contribution in [0.4, 0.5) is 5.82 Å². The monoisotopic (exact) mass is 325 g/mol. The maximum absolute atomic E-state index is 9.39. The molecule has 0 aliphatic heterocycles. The largest absolute Gasteiger partial charge is 0.508 e. The van der Waals surface area contributed by atoms with Crippen molar-refractivity contribution >= 4 is 11.5 Å². The Morgan fingerprint density at radius 3 is 2.58 bits per heavy atom. The summed E-state index contributed by atoms with van der Waals surface area (Å²) < 4.78 is 1.79. The Morgan fingerprint density at radius 2 is 1.88 bits per heavy atom. The predicted molar refractivity (Wildman–Crippen MR) is 94.3 cm³/mol. The molecule has 0 radical (unpaired) electrons. The number of rotatable bonds is 7. The van der Waals surface area contributed by atoms with Crippen LogP contribution in [0.3, 0.4) is 0 Å². The lowest BCUT2D eigenvalue weighted by molar-refractivity contribution is 0.475. The van der Waals surface area contributed by atoms with Gasteiger partial charge < -0.3 is 10.4 Å². The molecular weight excluding hydrogens is 302 g/mol. The highest BCUT2D eigenvalue weighted by Gasteiger charge is 2.11. The molecule has 2 N–H and O–H groups in total. The number of phenolic OH excluding ortho intramolecular Hbond substituents is 1. The second kappa shape index (κ2) is 7.29. The molecule has 0 fully saturated rings. The van der Waals surface area contributed by atoms with Gasteiger partial charge in [-0.25, -0.2) is 0 Å². The summed E-state index contributed by atoms with van der Waals surface area (Å²) in [6.45, 7) is 4.37. The summed E-state index contributed by atoms with van der Waals surface area (Å²) in [5.74, 6) is 1.88. The summed E-state index contributed by atoms with van der Waals surface area (Å²) in [6, 6.07) is 11.4. The zero-order valence-electron chi connectivity index (χ0n) is 14.1. The van der Waals surface area contributed by atoms with E-state index < -0.39 is 0 Å². The Bertz CT molecular complexity index is 797. The van der Waals surface area contributed by atoms with E-state index in [9.17, 15) is 5.11 Å². The van der Waals surface area contributed by atoms with Crippen LogP contribution in [-0.4, -0.2) is 31.0 Å². The van der Waals surface area contributed by atoms with Crippen LogP contribution in [0.2, 0.25) is 0 Å². The minimum Gasteiger partial charge on any atom is -0.508 e. The lowest BCUT2D eigenvalue weighted by atomic mass is 10.1. The van der Waals surface area contributed by atoms with Gasteiger partial charge in [-0.1, -0.05) is 32.4 Å². The minimum absolute atomic E-state index is 0.260. The number of aromatic nitrogens is 4. The van der Waals surface area contributed by atoms with Crippen molar-refractivity contribution < 1.29 is 5.11 Å². The molecule has 6 heteroatoms. The zero-order chi connectivity index (χ0) is 16.9. The van der Waals surface area contributed by atoms with Gasteiger partial charge in [0.1, 0.15) is 11.6 Å².